The van der Waals surface area contributed by atoms with E-state index in [1.54, 1.807) is 31.4 Å². The standard InChI is InChI=1S/C28H27F3N4O6/c1-39-15-5-3-14(4-6-15)11-18-25(37)19(36)13-35(18)27(38)24-21(12-32)41-26(34-24)17-7-9-20(40-2)23-16(17)8-10-22(33-23)28(29,30)31/h3-10,18-19,25,36-37H,11-13,32H2,1-2H3/t18-,19+,25+/m1/s1. The van der Waals surface area contributed by atoms with Gasteiger partial charge in [0, 0.05) is 10.9 Å². The molecule has 5 rings (SSSR count). The fourth-order valence-electron chi connectivity index (χ4n) is 4.96. The van der Waals surface area contributed by atoms with Gasteiger partial charge in [0.25, 0.3) is 5.91 Å². The predicted octanol–water partition coefficient (Wildman–Crippen LogP) is 3.17. The number of amides is 1. The van der Waals surface area contributed by atoms with E-state index >= 15 is 0 Å². The average molecular weight is 573 g/mol. The smallest absolute Gasteiger partial charge is 0.433 e. The van der Waals surface area contributed by atoms with E-state index in [-0.39, 0.29) is 59.1 Å². The topological polar surface area (TPSA) is 144 Å². The van der Waals surface area contributed by atoms with Crippen LogP contribution in [0.25, 0.3) is 22.4 Å². The normalized spacial score (nSPS) is 19.1. The molecular formula is C28H27F3N4O6. The Labute approximate surface area is 232 Å². The van der Waals surface area contributed by atoms with E-state index in [0.717, 1.165) is 11.6 Å². The first-order valence-corrected chi connectivity index (χ1v) is 12.6. The van der Waals surface area contributed by atoms with E-state index in [2.05, 4.69) is 9.97 Å². The molecule has 3 heterocycles. The zero-order valence-corrected chi connectivity index (χ0v) is 22.1. The Morgan fingerprint density at radius 1 is 1.07 bits per heavy atom. The Bertz CT molecular complexity index is 1570. The Kier molecular flexibility index (Phi) is 7.60. The van der Waals surface area contributed by atoms with E-state index in [9.17, 15) is 28.2 Å². The van der Waals surface area contributed by atoms with Crippen molar-refractivity contribution in [3.63, 3.8) is 0 Å². The van der Waals surface area contributed by atoms with E-state index < -0.39 is 36.0 Å². The van der Waals surface area contributed by atoms with Crippen LogP contribution in [-0.2, 0) is 19.1 Å². The Hall–Kier alpha value is -4.20. The minimum Gasteiger partial charge on any atom is -0.497 e. The number of likely N-dealkylation sites (tertiary alicyclic amines) is 1. The lowest BCUT2D eigenvalue weighted by Crippen LogP contribution is -2.41. The van der Waals surface area contributed by atoms with Gasteiger partial charge in [-0.15, -0.1) is 0 Å². The van der Waals surface area contributed by atoms with Gasteiger partial charge in [-0.2, -0.15) is 13.2 Å². The first-order chi connectivity index (χ1) is 19.5. The molecule has 3 atom stereocenters. The number of methoxy groups -OCH3 is 2. The monoisotopic (exact) mass is 572 g/mol. The van der Waals surface area contributed by atoms with Crippen LogP contribution in [0.4, 0.5) is 13.2 Å². The molecule has 0 saturated carbocycles. The van der Waals surface area contributed by atoms with Crippen molar-refractivity contribution in [2.24, 2.45) is 5.73 Å². The molecule has 0 unspecified atom stereocenters. The number of aliphatic hydroxyl groups excluding tert-OH is 2. The molecule has 0 spiro atoms. The van der Waals surface area contributed by atoms with Crippen LogP contribution in [0.5, 0.6) is 11.5 Å². The molecule has 1 aliphatic heterocycles. The molecule has 2 aromatic carbocycles. The number of nitrogens with zero attached hydrogens (tertiary/aromatic N) is 3. The van der Waals surface area contributed by atoms with Gasteiger partial charge in [0.05, 0.1) is 39.5 Å². The summed E-state index contributed by atoms with van der Waals surface area (Å²) < 4.78 is 56.2. The molecule has 0 bridgehead atoms. The largest absolute Gasteiger partial charge is 0.497 e. The SMILES string of the molecule is COc1ccc(C[C@@H]2[C@H](O)[C@@H](O)CN2C(=O)c2nc(-c3ccc(OC)c4nc(C(F)(F)F)ccc34)oc2CN)cc1. The van der Waals surface area contributed by atoms with Gasteiger partial charge in [0.15, 0.2) is 11.5 Å². The van der Waals surface area contributed by atoms with E-state index in [1.165, 1.54) is 30.2 Å². The van der Waals surface area contributed by atoms with Crippen LogP contribution in [0.1, 0.15) is 27.5 Å². The molecule has 1 amide bonds. The van der Waals surface area contributed by atoms with Gasteiger partial charge in [-0.1, -0.05) is 12.1 Å². The van der Waals surface area contributed by atoms with Crippen LogP contribution in [-0.4, -0.2) is 70.0 Å². The maximum Gasteiger partial charge on any atom is 0.433 e. The molecule has 10 nitrogen and oxygen atoms in total. The number of nitrogens with two attached hydrogens (primary N) is 1. The number of carbonyl (C=O) groups excluding carboxylic acids is 1. The first kappa shape index (κ1) is 28.3. The van der Waals surface area contributed by atoms with Gasteiger partial charge in [-0.3, -0.25) is 4.79 Å². The van der Waals surface area contributed by atoms with Crippen molar-refractivity contribution in [3.8, 4) is 23.0 Å². The summed E-state index contributed by atoms with van der Waals surface area (Å²) in [7, 11) is 2.85. The summed E-state index contributed by atoms with van der Waals surface area (Å²) in [4.78, 5) is 23.2. The third kappa shape index (κ3) is 5.31. The van der Waals surface area contributed by atoms with E-state index in [1.807, 2.05) is 0 Å². The zero-order valence-electron chi connectivity index (χ0n) is 22.1. The summed E-state index contributed by atoms with van der Waals surface area (Å²) in [5.41, 5.74) is 5.65. The van der Waals surface area contributed by atoms with Crippen molar-refractivity contribution < 1.29 is 42.1 Å². The summed E-state index contributed by atoms with van der Waals surface area (Å²) in [5, 5.41) is 21.4. The van der Waals surface area contributed by atoms with Crippen molar-refractivity contribution in [1.82, 2.24) is 14.9 Å². The number of oxazole rings is 1. The van der Waals surface area contributed by atoms with Gasteiger partial charge in [0.2, 0.25) is 5.89 Å². The molecule has 0 aliphatic carbocycles. The number of hydrogen-bond acceptors (Lipinski definition) is 9. The molecule has 1 aliphatic rings. The molecule has 4 aromatic rings. The van der Waals surface area contributed by atoms with Crippen LogP contribution >= 0.6 is 0 Å². The Morgan fingerprint density at radius 2 is 1.80 bits per heavy atom. The predicted molar refractivity (Wildman–Crippen MR) is 140 cm³/mol. The number of rotatable bonds is 7. The van der Waals surface area contributed by atoms with E-state index in [0.29, 0.717) is 5.75 Å². The highest BCUT2D eigenvalue weighted by atomic mass is 19.4. The number of hydrogen-bond donors (Lipinski definition) is 3. The molecule has 0 radical (unpaired) electrons. The van der Waals surface area contributed by atoms with Gasteiger partial charge in [-0.25, -0.2) is 9.97 Å². The summed E-state index contributed by atoms with van der Waals surface area (Å²) >= 11 is 0. The fraction of sp³-hybridized carbons (Fsp3) is 0.321. The molecule has 1 fully saturated rings. The number of aliphatic hydroxyl groups is 2. The van der Waals surface area contributed by atoms with Crippen molar-refractivity contribution in [3.05, 3.63) is 71.2 Å². The second-order valence-electron chi connectivity index (χ2n) is 9.54. The maximum atomic E-state index is 13.7. The van der Waals surface area contributed by atoms with Crippen molar-refractivity contribution in [1.29, 1.82) is 0 Å². The van der Waals surface area contributed by atoms with Crippen LogP contribution in [0.2, 0.25) is 0 Å². The summed E-state index contributed by atoms with van der Waals surface area (Å²) in [6.45, 7) is -0.358. The minimum absolute atomic E-state index is 0.0351. The molecule has 216 valence electrons. The van der Waals surface area contributed by atoms with Gasteiger partial charge >= 0.3 is 6.18 Å². The fourth-order valence-corrected chi connectivity index (χ4v) is 4.96. The van der Waals surface area contributed by atoms with Crippen LogP contribution in [0, 0.1) is 0 Å². The second-order valence-corrected chi connectivity index (χ2v) is 9.54. The molecular weight excluding hydrogens is 545 g/mol. The highest BCUT2D eigenvalue weighted by molar-refractivity contribution is 5.98. The lowest BCUT2D eigenvalue weighted by Gasteiger charge is -2.25. The number of aromatic nitrogens is 2. The van der Waals surface area contributed by atoms with Crippen LogP contribution < -0.4 is 15.2 Å². The number of β-amino-alcohol motifs (C(OH)–C–C–N with tert-alkyl or cyclic N) is 1. The number of halogens is 3. The van der Waals surface area contributed by atoms with Crippen molar-refractivity contribution >= 4 is 16.8 Å². The van der Waals surface area contributed by atoms with Crippen LogP contribution in [0.15, 0.2) is 52.9 Å². The number of alkyl halides is 3. The molecule has 2 aromatic heterocycles. The Balaban J connectivity index is 1.52. The quantitative estimate of drug-likeness (QED) is 0.304. The third-order valence-electron chi connectivity index (χ3n) is 7.08. The van der Waals surface area contributed by atoms with Gasteiger partial charge < -0.3 is 34.7 Å². The molecule has 41 heavy (non-hydrogen) atoms. The lowest BCUT2D eigenvalue weighted by atomic mass is 10.0. The molecule has 1 saturated heterocycles. The van der Waals surface area contributed by atoms with Crippen molar-refractivity contribution in [2.75, 3.05) is 20.8 Å². The first-order valence-electron chi connectivity index (χ1n) is 12.6. The molecule has 13 heteroatoms. The number of ether oxygens (including phenoxy) is 2. The highest BCUT2D eigenvalue weighted by Crippen LogP contribution is 2.37. The van der Waals surface area contributed by atoms with Crippen molar-refractivity contribution in [2.45, 2.75) is 37.4 Å². The summed E-state index contributed by atoms with van der Waals surface area (Å²) in [6, 6.07) is 11.3. The zero-order chi connectivity index (χ0) is 29.5. The van der Waals surface area contributed by atoms with Gasteiger partial charge in [0.1, 0.15) is 28.8 Å². The number of pyridine rings is 1. The summed E-state index contributed by atoms with van der Waals surface area (Å²) in [5.74, 6) is 0.109. The maximum absolute atomic E-state index is 13.7. The Morgan fingerprint density at radius 3 is 2.44 bits per heavy atom. The highest BCUT2D eigenvalue weighted by Gasteiger charge is 2.44. The van der Waals surface area contributed by atoms with Gasteiger partial charge in [-0.05, 0) is 48.4 Å². The number of benzene rings is 2. The lowest BCUT2D eigenvalue weighted by molar-refractivity contribution is -0.140. The molecule has 4 N–H and O–H groups in total. The average Bonchev–Trinajstić information content (AvgIpc) is 3.52. The summed E-state index contributed by atoms with van der Waals surface area (Å²) in [6.07, 6.45) is -6.83. The van der Waals surface area contributed by atoms with Crippen LogP contribution in [0.3, 0.4) is 0 Å². The third-order valence-corrected chi connectivity index (χ3v) is 7.08. The number of carbonyl (C=O) groups is 1. The second kappa shape index (κ2) is 11.0. The minimum atomic E-state index is -4.67. The van der Waals surface area contributed by atoms with E-state index in [4.69, 9.17) is 19.6 Å². The number of fused-ring (bicyclic) bond motifs is 1.